The second-order valence-corrected chi connectivity index (χ2v) is 12.5. The molecule has 0 aliphatic heterocycles. The Morgan fingerprint density at radius 2 is 1.43 bits per heavy atom. The van der Waals surface area contributed by atoms with E-state index in [0.29, 0.717) is 5.92 Å². The molecule has 6 aromatic carbocycles. The summed E-state index contributed by atoms with van der Waals surface area (Å²) in [6.45, 7) is 0. The van der Waals surface area contributed by atoms with Gasteiger partial charge in [0.15, 0.2) is 0 Å². The van der Waals surface area contributed by atoms with Gasteiger partial charge in [-0.3, -0.25) is 0 Å². The quantitative estimate of drug-likeness (QED) is 0.215. The fraction of sp³-hybridized carbons (Fsp3) is 0.0909. The Labute approximate surface area is 269 Å². The van der Waals surface area contributed by atoms with E-state index >= 15 is 0 Å². The molecule has 7 aromatic rings. The lowest BCUT2D eigenvalue weighted by atomic mass is 9.81. The number of anilines is 2. The van der Waals surface area contributed by atoms with Crippen LogP contribution >= 0.6 is 0 Å². The number of benzene rings is 6. The molecule has 2 heteroatoms. The molecule has 0 amide bonds. The maximum atomic E-state index is 6.37. The highest BCUT2D eigenvalue weighted by Crippen LogP contribution is 2.41. The predicted molar refractivity (Wildman–Crippen MR) is 194 cm³/mol. The van der Waals surface area contributed by atoms with Gasteiger partial charge in [-0.25, -0.2) is 0 Å². The van der Waals surface area contributed by atoms with Crippen molar-refractivity contribution in [2.75, 3.05) is 5.32 Å². The van der Waals surface area contributed by atoms with Gasteiger partial charge in [-0.05, 0) is 106 Å². The second kappa shape index (κ2) is 11.1. The zero-order chi connectivity index (χ0) is 30.5. The molecule has 2 aliphatic rings. The Morgan fingerprint density at radius 1 is 0.609 bits per heavy atom. The van der Waals surface area contributed by atoms with Crippen molar-refractivity contribution in [2.45, 2.75) is 25.2 Å². The topological polar surface area (TPSA) is 25.2 Å². The molecule has 1 N–H and O–H groups in total. The van der Waals surface area contributed by atoms with Crippen LogP contribution in [0.2, 0.25) is 0 Å². The van der Waals surface area contributed by atoms with E-state index in [1.807, 2.05) is 6.07 Å². The largest absolute Gasteiger partial charge is 0.456 e. The van der Waals surface area contributed by atoms with Gasteiger partial charge in [0.05, 0.1) is 0 Å². The monoisotopic (exact) mass is 591 g/mol. The Bertz CT molecular complexity index is 2320. The van der Waals surface area contributed by atoms with E-state index in [1.165, 1.54) is 60.7 Å². The summed E-state index contributed by atoms with van der Waals surface area (Å²) in [6.07, 6.45) is 12.3. The summed E-state index contributed by atoms with van der Waals surface area (Å²) in [4.78, 5) is 0. The fourth-order valence-corrected chi connectivity index (χ4v) is 7.45. The second-order valence-electron chi connectivity index (χ2n) is 12.5. The molecule has 0 radical (unpaired) electrons. The van der Waals surface area contributed by atoms with Gasteiger partial charge in [-0.15, -0.1) is 0 Å². The summed E-state index contributed by atoms with van der Waals surface area (Å²) >= 11 is 0. The SMILES string of the molecule is C1=Cc2cccc(C3C=Cc4oc5ccc(-c6cccc(-c7ccc(Nc8ccccc8)c8ccccc78)c6)cc5c4C3)c2CC1. The Balaban J connectivity index is 1.07. The van der Waals surface area contributed by atoms with E-state index in [1.54, 1.807) is 0 Å². The van der Waals surface area contributed by atoms with Gasteiger partial charge in [0.1, 0.15) is 11.3 Å². The summed E-state index contributed by atoms with van der Waals surface area (Å²) in [6, 6.07) is 45.9. The van der Waals surface area contributed by atoms with Crippen LogP contribution in [0, 0.1) is 0 Å². The Hall–Kier alpha value is -5.60. The van der Waals surface area contributed by atoms with Crippen molar-refractivity contribution >= 4 is 45.3 Å². The van der Waals surface area contributed by atoms with Crippen molar-refractivity contribution in [3.05, 3.63) is 168 Å². The van der Waals surface area contributed by atoms with Gasteiger partial charge < -0.3 is 9.73 Å². The minimum absolute atomic E-state index is 0.356. The van der Waals surface area contributed by atoms with Crippen molar-refractivity contribution in [3.63, 3.8) is 0 Å². The van der Waals surface area contributed by atoms with Crippen LogP contribution in [0.5, 0.6) is 0 Å². The van der Waals surface area contributed by atoms with Gasteiger partial charge in [0.2, 0.25) is 0 Å². The molecule has 220 valence electrons. The molecule has 46 heavy (non-hydrogen) atoms. The van der Waals surface area contributed by atoms with Crippen LogP contribution in [-0.4, -0.2) is 0 Å². The van der Waals surface area contributed by atoms with E-state index < -0.39 is 0 Å². The number of para-hydroxylation sites is 1. The lowest BCUT2D eigenvalue weighted by Gasteiger charge is -2.23. The average molecular weight is 592 g/mol. The molecule has 1 aromatic heterocycles. The van der Waals surface area contributed by atoms with Gasteiger partial charge in [-0.1, -0.05) is 109 Å². The number of furan rings is 1. The van der Waals surface area contributed by atoms with E-state index in [9.17, 15) is 0 Å². The lowest BCUT2D eigenvalue weighted by molar-refractivity contribution is 0.591. The number of hydrogen-bond donors (Lipinski definition) is 1. The first kappa shape index (κ1) is 26.8. The maximum absolute atomic E-state index is 6.37. The highest BCUT2D eigenvalue weighted by atomic mass is 16.3. The smallest absolute Gasteiger partial charge is 0.135 e. The maximum Gasteiger partial charge on any atom is 0.135 e. The normalized spacial score (nSPS) is 15.2. The summed E-state index contributed by atoms with van der Waals surface area (Å²) in [5.74, 6) is 1.35. The molecule has 2 nitrogen and oxygen atoms in total. The van der Waals surface area contributed by atoms with Gasteiger partial charge >= 0.3 is 0 Å². The Kier molecular flexibility index (Phi) is 6.45. The van der Waals surface area contributed by atoms with Crippen LogP contribution in [0.3, 0.4) is 0 Å². The molecular weight excluding hydrogens is 558 g/mol. The van der Waals surface area contributed by atoms with Crippen LogP contribution in [0.25, 0.3) is 56.1 Å². The summed E-state index contributed by atoms with van der Waals surface area (Å²) in [5.41, 5.74) is 13.7. The van der Waals surface area contributed by atoms with Crippen LogP contribution in [0.15, 0.2) is 144 Å². The Morgan fingerprint density at radius 3 is 2.37 bits per heavy atom. The first-order chi connectivity index (χ1) is 22.8. The molecule has 9 rings (SSSR count). The number of rotatable bonds is 5. The third-order valence-electron chi connectivity index (χ3n) is 9.72. The van der Waals surface area contributed by atoms with Crippen LogP contribution < -0.4 is 5.32 Å². The molecule has 1 unspecified atom stereocenters. The lowest BCUT2D eigenvalue weighted by Crippen LogP contribution is -2.09. The standard InChI is InChI=1S/C44H33NO/c1-2-14-34(15-3-1)45-42-23-22-37(38-17-6-7-18-39(38)42)32-13-8-12-30(26-32)31-20-24-43-40(27-31)41-28-33(21-25-44(41)46-43)36-19-9-11-29-10-4-5-16-35(29)36/h1-4,6-15,17-27,33,45H,5,16,28H2. The highest BCUT2D eigenvalue weighted by Gasteiger charge is 2.24. The minimum Gasteiger partial charge on any atom is -0.456 e. The summed E-state index contributed by atoms with van der Waals surface area (Å²) < 4.78 is 6.37. The third kappa shape index (κ3) is 4.66. The van der Waals surface area contributed by atoms with Crippen LogP contribution in [0.4, 0.5) is 11.4 Å². The average Bonchev–Trinajstić information content (AvgIpc) is 3.49. The molecule has 1 heterocycles. The molecule has 0 saturated carbocycles. The van der Waals surface area contributed by atoms with Crippen molar-refractivity contribution in [2.24, 2.45) is 0 Å². The zero-order valence-electron chi connectivity index (χ0n) is 25.5. The van der Waals surface area contributed by atoms with E-state index in [0.717, 1.165) is 42.0 Å². The van der Waals surface area contributed by atoms with Crippen molar-refractivity contribution < 1.29 is 4.42 Å². The van der Waals surface area contributed by atoms with Crippen molar-refractivity contribution in [1.29, 1.82) is 0 Å². The van der Waals surface area contributed by atoms with Gasteiger partial charge in [0, 0.05) is 33.6 Å². The van der Waals surface area contributed by atoms with E-state index in [4.69, 9.17) is 4.42 Å². The fourth-order valence-electron chi connectivity index (χ4n) is 7.45. The molecule has 0 bridgehead atoms. The molecule has 0 fully saturated rings. The minimum atomic E-state index is 0.356. The number of hydrogen-bond acceptors (Lipinski definition) is 2. The van der Waals surface area contributed by atoms with Crippen LogP contribution in [-0.2, 0) is 12.8 Å². The number of allylic oxidation sites excluding steroid dienone is 2. The number of nitrogens with one attached hydrogen (secondary N) is 1. The van der Waals surface area contributed by atoms with Crippen molar-refractivity contribution in [1.82, 2.24) is 0 Å². The third-order valence-corrected chi connectivity index (χ3v) is 9.72. The molecule has 2 aliphatic carbocycles. The summed E-state index contributed by atoms with van der Waals surface area (Å²) in [7, 11) is 0. The molecule has 0 spiro atoms. The van der Waals surface area contributed by atoms with E-state index in [-0.39, 0.29) is 0 Å². The number of fused-ring (bicyclic) bond motifs is 5. The van der Waals surface area contributed by atoms with Gasteiger partial charge in [-0.2, -0.15) is 0 Å². The molecular formula is C44H33NO. The first-order valence-electron chi connectivity index (χ1n) is 16.3. The zero-order valence-corrected chi connectivity index (χ0v) is 25.5. The summed E-state index contributed by atoms with van der Waals surface area (Å²) in [5, 5.41) is 7.28. The molecule has 1 atom stereocenters. The predicted octanol–water partition coefficient (Wildman–Crippen LogP) is 12.0. The molecule has 0 saturated heterocycles. The van der Waals surface area contributed by atoms with Gasteiger partial charge in [0.25, 0.3) is 0 Å². The first-order valence-corrected chi connectivity index (χ1v) is 16.3. The van der Waals surface area contributed by atoms with Crippen molar-refractivity contribution in [3.8, 4) is 22.3 Å². The van der Waals surface area contributed by atoms with Crippen LogP contribution in [0.1, 0.15) is 40.4 Å². The van der Waals surface area contributed by atoms with E-state index in [2.05, 4.69) is 151 Å². The highest BCUT2D eigenvalue weighted by molar-refractivity contribution is 6.04.